The Morgan fingerprint density at radius 1 is 1.29 bits per heavy atom. The van der Waals surface area contributed by atoms with Gasteiger partial charge in [-0.25, -0.2) is 13.1 Å². The van der Waals surface area contributed by atoms with E-state index in [1.54, 1.807) is 41.2 Å². The zero-order valence-electron chi connectivity index (χ0n) is 11.5. The van der Waals surface area contributed by atoms with Crippen LogP contribution in [0.15, 0.2) is 36.5 Å². The Morgan fingerprint density at radius 3 is 2.57 bits per heavy atom. The Labute approximate surface area is 122 Å². The number of nitrogen functional groups attached to an aromatic ring is 1. The van der Waals surface area contributed by atoms with Crippen LogP contribution < -0.4 is 11.1 Å². The van der Waals surface area contributed by atoms with Crippen molar-refractivity contribution in [2.45, 2.75) is 0 Å². The van der Waals surface area contributed by atoms with E-state index in [-0.39, 0.29) is 18.0 Å². The highest BCUT2D eigenvalue weighted by Gasteiger charge is 2.11. The topological polar surface area (TPSA) is 107 Å². The average molecular weight is 308 g/mol. The first-order valence-corrected chi connectivity index (χ1v) is 8.29. The van der Waals surface area contributed by atoms with Crippen LogP contribution in [0.25, 0.3) is 5.69 Å². The van der Waals surface area contributed by atoms with Gasteiger partial charge in [-0.05, 0) is 30.3 Å². The fourth-order valence-electron chi connectivity index (χ4n) is 1.66. The highest BCUT2D eigenvalue weighted by atomic mass is 32.2. The van der Waals surface area contributed by atoms with Gasteiger partial charge < -0.3 is 11.1 Å². The number of nitrogens with one attached hydrogen (secondary N) is 1. The minimum absolute atomic E-state index is 0.0619. The van der Waals surface area contributed by atoms with Crippen molar-refractivity contribution in [2.24, 2.45) is 0 Å². The van der Waals surface area contributed by atoms with Gasteiger partial charge in [-0.1, -0.05) is 0 Å². The van der Waals surface area contributed by atoms with Gasteiger partial charge in [0.1, 0.15) is 9.84 Å². The van der Waals surface area contributed by atoms with Gasteiger partial charge in [0, 0.05) is 24.7 Å². The van der Waals surface area contributed by atoms with Crippen LogP contribution in [0.5, 0.6) is 0 Å². The van der Waals surface area contributed by atoms with E-state index in [9.17, 15) is 13.2 Å². The van der Waals surface area contributed by atoms with Gasteiger partial charge in [-0.3, -0.25) is 4.79 Å². The highest BCUT2D eigenvalue weighted by Crippen LogP contribution is 2.10. The summed E-state index contributed by atoms with van der Waals surface area (Å²) in [4.78, 5) is 11.8. The van der Waals surface area contributed by atoms with Crippen molar-refractivity contribution in [1.82, 2.24) is 15.1 Å². The second-order valence-corrected chi connectivity index (χ2v) is 6.88. The number of carbonyl (C=O) groups is 1. The summed E-state index contributed by atoms with van der Waals surface area (Å²) in [6.07, 6.45) is 2.77. The monoisotopic (exact) mass is 308 g/mol. The number of sulfone groups is 1. The lowest BCUT2D eigenvalue weighted by molar-refractivity contribution is 0.0950. The molecule has 0 spiro atoms. The second-order valence-electron chi connectivity index (χ2n) is 4.62. The lowest BCUT2D eigenvalue weighted by Crippen LogP contribution is -2.29. The molecule has 0 radical (unpaired) electrons. The molecule has 0 atom stereocenters. The first-order chi connectivity index (χ1) is 9.85. The predicted octanol–water partition coefficient (Wildman–Crippen LogP) is 0.229. The third kappa shape index (κ3) is 4.32. The van der Waals surface area contributed by atoms with E-state index in [1.807, 2.05) is 0 Å². The lowest BCUT2D eigenvalue weighted by Gasteiger charge is -2.03. The molecule has 0 aliphatic heterocycles. The molecular formula is C13H16N4O3S. The number of hydrogen-bond donors (Lipinski definition) is 2. The fraction of sp³-hybridized carbons (Fsp3) is 0.231. The number of amides is 1. The standard InChI is InChI=1S/C13H16N4O3S/c1-21(19,20)9-7-15-13(18)12-6-8-17(16-12)11-4-2-10(14)3-5-11/h2-6,8H,7,9,14H2,1H3,(H,15,18). The van der Waals surface area contributed by atoms with Crippen LogP contribution in [0, 0.1) is 0 Å². The molecule has 0 saturated heterocycles. The van der Waals surface area contributed by atoms with Gasteiger partial charge in [-0.15, -0.1) is 0 Å². The van der Waals surface area contributed by atoms with Crippen LogP contribution in [0.1, 0.15) is 10.5 Å². The fourth-order valence-corrected chi connectivity index (χ4v) is 2.13. The third-order valence-corrected chi connectivity index (χ3v) is 3.68. The van der Waals surface area contributed by atoms with Crippen molar-refractivity contribution in [1.29, 1.82) is 0 Å². The number of benzene rings is 1. The first-order valence-electron chi connectivity index (χ1n) is 6.23. The Kier molecular flexibility index (Phi) is 4.27. The maximum absolute atomic E-state index is 11.8. The number of hydrogen-bond acceptors (Lipinski definition) is 5. The zero-order chi connectivity index (χ0) is 15.5. The summed E-state index contributed by atoms with van der Waals surface area (Å²) in [6, 6.07) is 8.61. The SMILES string of the molecule is CS(=O)(=O)CCNC(=O)c1ccn(-c2ccc(N)cc2)n1. The average Bonchev–Trinajstić information content (AvgIpc) is 2.87. The van der Waals surface area contributed by atoms with Crippen molar-refractivity contribution in [3.05, 3.63) is 42.2 Å². The quantitative estimate of drug-likeness (QED) is 0.769. The summed E-state index contributed by atoms with van der Waals surface area (Å²) in [7, 11) is -3.10. The van der Waals surface area contributed by atoms with Crippen molar-refractivity contribution < 1.29 is 13.2 Å². The molecule has 0 bridgehead atoms. The largest absolute Gasteiger partial charge is 0.399 e. The Balaban J connectivity index is 2.02. The second kappa shape index (κ2) is 5.96. The molecule has 21 heavy (non-hydrogen) atoms. The molecule has 0 fully saturated rings. The molecule has 112 valence electrons. The van der Waals surface area contributed by atoms with E-state index in [0.29, 0.717) is 5.69 Å². The zero-order valence-corrected chi connectivity index (χ0v) is 12.3. The molecule has 1 aromatic carbocycles. The molecule has 2 rings (SSSR count). The predicted molar refractivity (Wildman–Crippen MR) is 80.0 cm³/mol. The molecule has 3 N–H and O–H groups in total. The molecule has 1 aromatic heterocycles. The molecule has 1 amide bonds. The summed E-state index contributed by atoms with van der Waals surface area (Å²) in [5, 5.41) is 6.66. The van der Waals surface area contributed by atoms with Crippen molar-refractivity contribution in [3.8, 4) is 5.69 Å². The minimum Gasteiger partial charge on any atom is -0.399 e. The number of nitrogens with two attached hydrogens (primary N) is 1. The van der Waals surface area contributed by atoms with Crippen molar-refractivity contribution in [3.63, 3.8) is 0 Å². The van der Waals surface area contributed by atoms with Crippen molar-refractivity contribution >= 4 is 21.4 Å². The van der Waals surface area contributed by atoms with Crippen LogP contribution in [0.4, 0.5) is 5.69 Å². The van der Waals surface area contributed by atoms with E-state index in [4.69, 9.17) is 5.73 Å². The Morgan fingerprint density at radius 2 is 1.95 bits per heavy atom. The van der Waals surface area contributed by atoms with Crippen LogP contribution in [0.2, 0.25) is 0 Å². The van der Waals surface area contributed by atoms with Crippen molar-refractivity contribution in [2.75, 3.05) is 24.3 Å². The number of carbonyl (C=O) groups excluding carboxylic acids is 1. The molecule has 7 nitrogen and oxygen atoms in total. The van der Waals surface area contributed by atoms with Gasteiger partial charge in [0.2, 0.25) is 0 Å². The first kappa shape index (κ1) is 15.0. The summed E-state index contributed by atoms with van der Waals surface area (Å²) in [5.41, 5.74) is 7.25. The Bertz CT molecular complexity index is 735. The smallest absolute Gasteiger partial charge is 0.271 e. The molecular weight excluding hydrogens is 292 g/mol. The van der Waals surface area contributed by atoms with Crippen LogP contribution in [0.3, 0.4) is 0 Å². The highest BCUT2D eigenvalue weighted by molar-refractivity contribution is 7.90. The van der Waals surface area contributed by atoms with Gasteiger partial charge in [0.15, 0.2) is 5.69 Å². The molecule has 0 saturated carbocycles. The molecule has 1 heterocycles. The molecule has 0 aliphatic carbocycles. The summed E-state index contributed by atoms with van der Waals surface area (Å²) < 4.78 is 23.5. The number of anilines is 1. The van der Waals surface area contributed by atoms with E-state index in [0.717, 1.165) is 11.9 Å². The molecule has 8 heteroatoms. The lowest BCUT2D eigenvalue weighted by atomic mass is 10.3. The maximum atomic E-state index is 11.8. The van der Waals surface area contributed by atoms with Gasteiger partial charge in [-0.2, -0.15) is 5.10 Å². The molecule has 0 unspecified atom stereocenters. The van der Waals surface area contributed by atoms with Crippen LogP contribution in [-0.4, -0.2) is 42.7 Å². The normalized spacial score (nSPS) is 11.3. The Hall–Kier alpha value is -2.35. The minimum atomic E-state index is -3.10. The summed E-state index contributed by atoms with van der Waals surface area (Å²) >= 11 is 0. The van der Waals surface area contributed by atoms with E-state index in [1.165, 1.54) is 0 Å². The van der Waals surface area contributed by atoms with E-state index >= 15 is 0 Å². The van der Waals surface area contributed by atoms with Gasteiger partial charge >= 0.3 is 0 Å². The van der Waals surface area contributed by atoms with Crippen LogP contribution in [-0.2, 0) is 9.84 Å². The maximum Gasteiger partial charge on any atom is 0.271 e. The summed E-state index contributed by atoms with van der Waals surface area (Å²) in [6.45, 7) is 0.0619. The summed E-state index contributed by atoms with van der Waals surface area (Å²) in [5.74, 6) is -0.509. The third-order valence-electron chi connectivity index (χ3n) is 2.74. The van der Waals surface area contributed by atoms with Gasteiger partial charge in [0.05, 0.1) is 11.4 Å². The van der Waals surface area contributed by atoms with Gasteiger partial charge in [0.25, 0.3) is 5.91 Å². The van der Waals surface area contributed by atoms with Crippen LogP contribution >= 0.6 is 0 Å². The van der Waals surface area contributed by atoms with E-state index in [2.05, 4.69) is 10.4 Å². The number of nitrogens with zero attached hydrogens (tertiary/aromatic N) is 2. The number of rotatable bonds is 5. The van der Waals surface area contributed by atoms with E-state index < -0.39 is 15.7 Å². The molecule has 2 aromatic rings. The number of aromatic nitrogens is 2. The molecule has 0 aliphatic rings.